The molecule has 0 radical (unpaired) electrons. The van der Waals surface area contributed by atoms with Crippen LogP contribution in [-0.4, -0.2) is 41.8 Å². The first-order valence-electron chi connectivity index (χ1n) is 6.44. The minimum atomic E-state index is -1.00. The van der Waals surface area contributed by atoms with E-state index in [1.165, 1.54) is 0 Å². The third kappa shape index (κ3) is 6.37. The van der Waals surface area contributed by atoms with E-state index in [-0.39, 0.29) is 17.5 Å². The summed E-state index contributed by atoms with van der Waals surface area (Å²) in [5.74, 6) is -1.00. The molecule has 1 aromatic heterocycles. The number of urea groups is 1. The summed E-state index contributed by atoms with van der Waals surface area (Å²) < 4.78 is 5.24. The van der Waals surface area contributed by atoms with E-state index >= 15 is 0 Å². The van der Waals surface area contributed by atoms with Gasteiger partial charge in [0.15, 0.2) is 0 Å². The second kappa shape index (κ2) is 9.09. The Balaban J connectivity index is 2.22. The number of hydrogen-bond acceptors (Lipinski definition) is 5. The fourth-order valence-electron chi connectivity index (χ4n) is 1.45. The number of nitrogens with zero attached hydrogens (tertiary/aromatic N) is 1. The van der Waals surface area contributed by atoms with Crippen molar-refractivity contribution in [1.82, 2.24) is 15.6 Å². The third-order valence-corrected chi connectivity index (χ3v) is 3.58. The highest BCUT2D eigenvalue weighted by Crippen LogP contribution is 2.17. The van der Waals surface area contributed by atoms with E-state index in [1.807, 2.05) is 0 Å². The fourth-order valence-corrected chi connectivity index (χ4v) is 2.29. The zero-order valence-electron chi connectivity index (χ0n) is 11.8. The van der Waals surface area contributed by atoms with Gasteiger partial charge in [0.25, 0.3) is 0 Å². The van der Waals surface area contributed by atoms with Crippen molar-refractivity contribution >= 4 is 23.3 Å². The summed E-state index contributed by atoms with van der Waals surface area (Å²) >= 11 is 1.06. The van der Waals surface area contributed by atoms with Crippen molar-refractivity contribution in [2.45, 2.75) is 19.9 Å². The first kappa shape index (κ1) is 17.1. The van der Waals surface area contributed by atoms with Gasteiger partial charge in [-0.1, -0.05) is 6.08 Å². The maximum atomic E-state index is 11.5. The fraction of sp³-hybridized carbons (Fsp3) is 0.462. The molecule has 0 aromatic carbocycles. The molecule has 0 aliphatic heterocycles. The molecule has 0 aliphatic rings. The molecule has 8 heteroatoms. The highest BCUT2D eigenvalue weighted by atomic mass is 32.1. The number of amides is 2. The van der Waals surface area contributed by atoms with Crippen molar-refractivity contribution in [3.63, 3.8) is 0 Å². The number of thiazole rings is 1. The van der Waals surface area contributed by atoms with Crippen LogP contribution in [0, 0.1) is 6.92 Å². The lowest BCUT2D eigenvalue weighted by Gasteiger charge is -2.06. The normalized spacial score (nSPS) is 10.1. The number of aromatic nitrogens is 1. The Kier molecular flexibility index (Phi) is 7.41. The van der Waals surface area contributed by atoms with E-state index in [2.05, 4.69) is 22.2 Å². The zero-order chi connectivity index (χ0) is 15.7. The van der Waals surface area contributed by atoms with E-state index in [1.54, 1.807) is 13.0 Å². The zero-order valence-corrected chi connectivity index (χ0v) is 12.7. The maximum absolute atomic E-state index is 11.5. The predicted molar refractivity (Wildman–Crippen MR) is 79.7 cm³/mol. The van der Waals surface area contributed by atoms with Crippen LogP contribution < -0.4 is 10.6 Å². The van der Waals surface area contributed by atoms with E-state index in [4.69, 9.17) is 9.84 Å². The minimum Gasteiger partial charge on any atom is -0.477 e. The Morgan fingerprint density at radius 2 is 2.19 bits per heavy atom. The molecular weight excluding hydrogens is 294 g/mol. The molecule has 0 bridgehead atoms. The molecule has 0 aliphatic carbocycles. The van der Waals surface area contributed by atoms with Crippen LogP contribution >= 0.6 is 11.3 Å². The minimum absolute atomic E-state index is 0.196. The first-order chi connectivity index (χ1) is 10.0. The van der Waals surface area contributed by atoms with Gasteiger partial charge in [0.05, 0.1) is 25.5 Å². The lowest BCUT2D eigenvalue weighted by Crippen LogP contribution is -2.36. The molecule has 0 atom stereocenters. The van der Waals surface area contributed by atoms with Crippen LogP contribution in [0.15, 0.2) is 12.7 Å². The van der Waals surface area contributed by atoms with Gasteiger partial charge in [-0.2, -0.15) is 0 Å². The van der Waals surface area contributed by atoms with Crippen molar-refractivity contribution < 1.29 is 19.4 Å². The Labute approximate surface area is 127 Å². The first-order valence-corrected chi connectivity index (χ1v) is 7.26. The molecule has 7 nitrogen and oxygen atoms in total. The topological polar surface area (TPSA) is 101 Å². The molecule has 1 heterocycles. The van der Waals surface area contributed by atoms with Crippen LogP contribution in [-0.2, 0) is 11.3 Å². The van der Waals surface area contributed by atoms with Crippen molar-refractivity contribution in [3.05, 3.63) is 28.2 Å². The number of aryl methyl sites for hydroxylation is 1. The predicted octanol–water partition coefficient (Wildman–Crippen LogP) is 1.54. The van der Waals surface area contributed by atoms with E-state index in [9.17, 15) is 9.59 Å². The summed E-state index contributed by atoms with van der Waals surface area (Å²) in [6.07, 6.45) is 2.54. The number of carbonyl (C=O) groups excluding carboxylic acids is 1. The van der Waals surface area contributed by atoms with E-state index in [0.29, 0.717) is 30.5 Å². The van der Waals surface area contributed by atoms with E-state index in [0.717, 1.165) is 17.8 Å². The highest BCUT2D eigenvalue weighted by Gasteiger charge is 2.14. The second-order valence-corrected chi connectivity index (χ2v) is 5.21. The molecule has 1 rings (SSSR count). The van der Waals surface area contributed by atoms with Crippen molar-refractivity contribution in [2.75, 3.05) is 19.8 Å². The van der Waals surface area contributed by atoms with E-state index < -0.39 is 5.97 Å². The van der Waals surface area contributed by atoms with Gasteiger partial charge in [-0.05, 0) is 13.3 Å². The number of carboxylic acid groups (broad SMARTS) is 1. The highest BCUT2D eigenvalue weighted by molar-refractivity contribution is 7.13. The molecule has 0 spiro atoms. The molecule has 21 heavy (non-hydrogen) atoms. The van der Waals surface area contributed by atoms with Crippen LogP contribution in [0.3, 0.4) is 0 Å². The number of carbonyl (C=O) groups is 2. The van der Waals surface area contributed by atoms with Gasteiger partial charge in [-0.3, -0.25) is 0 Å². The number of nitrogens with one attached hydrogen (secondary N) is 2. The second-order valence-electron chi connectivity index (χ2n) is 4.13. The summed E-state index contributed by atoms with van der Waals surface area (Å²) in [6.45, 7) is 6.82. The number of aromatic carboxylic acids is 1. The Morgan fingerprint density at radius 1 is 1.43 bits per heavy atom. The van der Waals surface area contributed by atoms with Gasteiger partial charge >= 0.3 is 12.0 Å². The SMILES string of the molecule is C=CCCOCCNC(=O)NCc1nc(C)c(C(=O)O)s1. The number of rotatable bonds is 9. The summed E-state index contributed by atoms with van der Waals surface area (Å²) in [4.78, 5) is 26.7. The molecule has 3 N–H and O–H groups in total. The van der Waals surface area contributed by atoms with Crippen LogP contribution in [0.2, 0.25) is 0 Å². The van der Waals surface area contributed by atoms with Crippen LogP contribution in [0.4, 0.5) is 4.79 Å². The average molecular weight is 313 g/mol. The van der Waals surface area contributed by atoms with Gasteiger partial charge < -0.3 is 20.5 Å². The van der Waals surface area contributed by atoms with Crippen molar-refractivity contribution in [1.29, 1.82) is 0 Å². The van der Waals surface area contributed by atoms with Crippen LogP contribution in [0.25, 0.3) is 0 Å². The maximum Gasteiger partial charge on any atom is 0.347 e. The smallest absolute Gasteiger partial charge is 0.347 e. The number of hydrogen-bond donors (Lipinski definition) is 3. The summed E-state index contributed by atoms with van der Waals surface area (Å²) in [6, 6.07) is -0.341. The van der Waals surface area contributed by atoms with Gasteiger partial charge in [-0.15, -0.1) is 17.9 Å². The largest absolute Gasteiger partial charge is 0.477 e. The monoisotopic (exact) mass is 313 g/mol. The Hall–Kier alpha value is -1.93. The molecule has 0 saturated carbocycles. The third-order valence-electron chi connectivity index (χ3n) is 2.43. The number of carboxylic acids is 1. The average Bonchev–Trinajstić information content (AvgIpc) is 2.82. The van der Waals surface area contributed by atoms with Gasteiger partial charge in [-0.25, -0.2) is 14.6 Å². The van der Waals surface area contributed by atoms with Gasteiger partial charge in [0.2, 0.25) is 0 Å². The van der Waals surface area contributed by atoms with Crippen LogP contribution in [0.1, 0.15) is 26.8 Å². The van der Waals surface area contributed by atoms with Crippen molar-refractivity contribution in [3.8, 4) is 0 Å². The summed E-state index contributed by atoms with van der Waals surface area (Å²) in [7, 11) is 0. The molecule has 116 valence electrons. The molecule has 0 saturated heterocycles. The number of ether oxygens (including phenoxy) is 1. The van der Waals surface area contributed by atoms with Gasteiger partial charge in [0, 0.05) is 6.54 Å². The molecule has 1 aromatic rings. The standard InChI is InChI=1S/C13H19N3O4S/c1-3-4-6-20-7-5-14-13(19)15-8-10-16-9(2)11(21-10)12(17)18/h3H,1,4-8H2,2H3,(H,17,18)(H2,14,15,19). The summed E-state index contributed by atoms with van der Waals surface area (Å²) in [5.41, 5.74) is 0.459. The Morgan fingerprint density at radius 3 is 2.81 bits per heavy atom. The lowest BCUT2D eigenvalue weighted by molar-refractivity contribution is 0.0701. The van der Waals surface area contributed by atoms with Crippen LogP contribution in [0.5, 0.6) is 0 Å². The van der Waals surface area contributed by atoms with Crippen molar-refractivity contribution in [2.24, 2.45) is 0 Å². The lowest BCUT2D eigenvalue weighted by atomic mass is 10.4. The molecule has 2 amide bonds. The summed E-state index contributed by atoms with van der Waals surface area (Å²) in [5, 5.41) is 14.7. The Bertz CT molecular complexity index is 502. The molecule has 0 fully saturated rings. The molecule has 0 unspecified atom stereocenters. The van der Waals surface area contributed by atoms with Gasteiger partial charge in [0.1, 0.15) is 9.88 Å². The molecular formula is C13H19N3O4S. The quantitative estimate of drug-likeness (QED) is 0.474.